The average Bonchev–Trinajstić information content (AvgIpc) is 2.83. The Hall–Kier alpha value is -3.73. The Morgan fingerprint density at radius 1 is 1.12 bits per heavy atom. The zero-order valence-electron chi connectivity index (χ0n) is 18.9. The number of aliphatic carboxylic acids is 1. The van der Waals surface area contributed by atoms with Crippen molar-refractivity contribution in [1.29, 1.82) is 5.26 Å². The fraction of sp³-hybridized carbons (Fsp3) is 0.385. The number of likely N-dealkylation sites (tertiary alicyclic amines) is 1. The van der Waals surface area contributed by atoms with E-state index in [0.29, 0.717) is 44.3 Å². The van der Waals surface area contributed by atoms with Gasteiger partial charge in [0.15, 0.2) is 0 Å². The number of nitriles is 1. The van der Waals surface area contributed by atoms with E-state index in [0.717, 1.165) is 11.1 Å². The molecule has 3 rings (SSSR count). The summed E-state index contributed by atoms with van der Waals surface area (Å²) >= 11 is 0. The van der Waals surface area contributed by atoms with Crippen LogP contribution in [-0.2, 0) is 27.2 Å². The normalized spacial score (nSPS) is 14.8. The van der Waals surface area contributed by atoms with Crippen LogP contribution in [0.3, 0.4) is 0 Å². The number of aryl methyl sites for hydroxylation is 1. The van der Waals surface area contributed by atoms with Gasteiger partial charge in [-0.05, 0) is 60.6 Å². The molecule has 34 heavy (non-hydrogen) atoms. The van der Waals surface area contributed by atoms with Gasteiger partial charge in [-0.3, -0.25) is 9.59 Å². The maximum Gasteiger partial charge on any atom is 0.326 e. The van der Waals surface area contributed by atoms with Gasteiger partial charge in [0, 0.05) is 32.4 Å². The molecule has 0 aliphatic carbocycles. The summed E-state index contributed by atoms with van der Waals surface area (Å²) in [7, 11) is 0. The molecule has 2 aromatic rings. The van der Waals surface area contributed by atoms with Crippen LogP contribution >= 0.6 is 0 Å². The maximum absolute atomic E-state index is 13.3. The van der Waals surface area contributed by atoms with Crippen LogP contribution in [-0.4, -0.2) is 46.9 Å². The van der Waals surface area contributed by atoms with E-state index in [9.17, 15) is 23.9 Å². The van der Waals surface area contributed by atoms with E-state index in [1.165, 1.54) is 12.1 Å². The molecule has 8 heteroatoms. The summed E-state index contributed by atoms with van der Waals surface area (Å²) in [6.07, 6.45) is 2.48. The first kappa shape index (κ1) is 24.9. The molecule has 0 saturated carbocycles. The largest absolute Gasteiger partial charge is 0.480 e. The number of hydrogen-bond acceptors (Lipinski definition) is 4. The minimum Gasteiger partial charge on any atom is -0.480 e. The van der Waals surface area contributed by atoms with Gasteiger partial charge >= 0.3 is 5.97 Å². The molecular weight excluding hydrogens is 437 g/mol. The number of piperidine rings is 1. The van der Waals surface area contributed by atoms with Gasteiger partial charge in [-0.15, -0.1) is 0 Å². The zero-order chi connectivity index (χ0) is 24.5. The standard InChI is InChI=1S/C26H28FN3O4/c27-22-3-1-2-18(14-22)8-9-25(32)30-12-10-20(11-13-30)16-24(31)29-23(26(33)34)15-19-4-6-21(17-28)7-5-19/h1-7,14,20,23H,8-13,15-16H2,(H,29,31)(H,33,34). The molecule has 2 aromatic carbocycles. The Balaban J connectivity index is 1.42. The van der Waals surface area contributed by atoms with Crippen molar-refractivity contribution in [3.05, 3.63) is 71.0 Å². The van der Waals surface area contributed by atoms with Crippen molar-refractivity contribution < 1.29 is 23.9 Å². The summed E-state index contributed by atoms with van der Waals surface area (Å²) < 4.78 is 13.3. The number of carboxylic acid groups (broad SMARTS) is 1. The van der Waals surface area contributed by atoms with Crippen LogP contribution in [0.4, 0.5) is 4.39 Å². The van der Waals surface area contributed by atoms with E-state index >= 15 is 0 Å². The molecule has 1 aliphatic rings. The van der Waals surface area contributed by atoms with Crippen LogP contribution in [0.2, 0.25) is 0 Å². The number of rotatable bonds is 9. The average molecular weight is 466 g/mol. The number of carbonyl (C=O) groups excluding carboxylic acids is 2. The van der Waals surface area contributed by atoms with Crippen molar-refractivity contribution in [3.63, 3.8) is 0 Å². The number of carbonyl (C=O) groups is 3. The van der Waals surface area contributed by atoms with Gasteiger partial charge in [0.25, 0.3) is 0 Å². The SMILES string of the molecule is N#Cc1ccc(CC(NC(=O)CC2CCN(C(=O)CCc3cccc(F)c3)CC2)C(=O)O)cc1. The number of benzene rings is 2. The Morgan fingerprint density at radius 2 is 1.82 bits per heavy atom. The van der Waals surface area contributed by atoms with Crippen molar-refractivity contribution in [1.82, 2.24) is 10.2 Å². The molecule has 0 spiro atoms. The highest BCUT2D eigenvalue weighted by Crippen LogP contribution is 2.21. The van der Waals surface area contributed by atoms with Gasteiger partial charge in [0.05, 0.1) is 11.6 Å². The molecule has 1 aliphatic heterocycles. The van der Waals surface area contributed by atoms with E-state index in [4.69, 9.17) is 5.26 Å². The Labute approximate surface area is 198 Å². The lowest BCUT2D eigenvalue weighted by atomic mass is 9.92. The number of carboxylic acids is 1. The van der Waals surface area contributed by atoms with Crippen molar-refractivity contribution in [2.24, 2.45) is 5.92 Å². The van der Waals surface area contributed by atoms with E-state index in [1.807, 2.05) is 6.07 Å². The molecule has 0 bridgehead atoms. The molecule has 1 fully saturated rings. The minimum atomic E-state index is -1.11. The predicted octanol–water partition coefficient (Wildman–Crippen LogP) is 3.07. The van der Waals surface area contributed by atoms with Crippen molar-refractivity contribution in [3.8, 4) is 6.07 Å². The first-order chi connectivity index (χ1) is 16.3. The summed E-state index contributed by atoms with van der Waals surface area (Å²) in [5, 5.41) is 21.0. The quantitative estimate of drug-likeness (QED) is 0.591. The highest BCUT2D eigenvalue weighted by Gasteiger charge is 2.26. The highest BCUT2D eigenvalue weighted by atomic mass is 19.1. The molecule has 0 radical (unpaired) electrons. The Bertz CT molecular complexity index is 1060. The number of nitrogens with zero attached hydrogens (tertiary/aromatic N) is 2. The van der Waals surface area contributed by atoms with Gasteiger partial charge in [-0.25, -0.2) is 9.18 Å². The number of nitrogens with one attached hydrogen (secondary N) is 1. The Kier molecular flexibility index (Phi) is 8.74. The van der Waals surface area contributed by atoms with E-state index in [-0.39, 0.29) is 36.4 Å². The van der Waals surface area contributed by atoms with Gasteiger partial charge in [-0.2, -0.15) is 5.26 Å². The molecule has 178 valence electrons. The first-order valence-corrected chi connectivity index (χ1v) is 11.4. The van der Waals surface area contributed by atoms with Crippen molar-refractivity contribution in [2.75, 3.05) is 13.1 Å². The molecule has 2 amide bonds. The number of halogens is 1. The summed E-state index contributed by atoms with van der Waals surface area (Å²) in [4.78, 5) is 38.4. The second-order valence-corrected chi connectivity index (χ2v) is 8.63. The zero-order valence-corrected chi connectivity index (χ0v) is 18.9. The smallest absolute Gasteiger partial charge is 0.326 e. The van der Waals surface area contributed by atoms with Crippen molar-refractivity contribution >= 4 is 17.8 Å². The predicted molar refractivity (Wildman–Crippen MR) is 123 cm³/mol. The second-order valence-electron chi connectivity index (χ2n) is 8.63. The topological polar surface area (TPSA) is 111 Å². The molecule has 1 atom stereocenters. The lowest BCUT2D eigenvalue weighted by molar-refractivity contribution is -0.142. The maximum atomic E-state index is 13.3. The molecule has 0 aromatic heterocycles. The number of amides is 2. The third-order valence-electron chi connectivity index (χ3n) is 6.11. The van der Waals surface area contributed by atoms with Crippen LogP contribution in [0.25, 0.3) is 0 Å². The van der Waals surface area contributed by atoms with Crippen LogP contribution in [0, 0.1) is 23.1 Å². The van der Waals surface area contributed by atoms with Gasteiger partial charge in [-0.1, -0.05) is 24.3 Å². The summed E-state index contributed by atoms with van der Waals surface area (Å²) in [6, 6.07) is 13.8. The summed E-state index contributed by atoms with van der Waals surface area (Å²) in [5.74, 6) is -1.66. The lowest BCUT2D eigenvalue weighted by Crippen LogP contribution is -2.44. The molecule has 2 N–H and O–H groups in total. The molecule has 1 saturated heterocycles. The van der Waals surface area contributed by atoms with Crippen LogP contribution < -0.4 is 5.32 Å². The van der Waals surface area contributed by atoms with E-state index in [2.05, 4.69) is 5.32 Å². The fourth-order valence-corrected chi connectivity index (χ4v) is 4.15. The van der Waals surface area contributed by atoms with E-state index < -0.39 is 12.0 Å². The van der Waals surface area contributed by atoms with Crippen molar-refractivity contribution in [2.45, 2.75) is 44.6 Å². The Morgan fingerprint density at radius 3 is 2.44 bits per heavy atom. The molecule has 1 unspecified atom stereocenters. The van der Waals surface area contributed by atoms with Crippen LogP contribution in [0.15, 0.2) is 48.5 Å². The lowest BCUT2D eigenvalue weighted by Gasteiger charge is -2.32. The molecule has 1 heterocycles. The van der Waals surface area contributed by atoms with Gasteiger partial charge in [0.1, 0.15) is 11.9 Å². The first-order valence-electron chi connectivity index (χ1n) is 11.4. The van der Waals surface area contributed by atoms with Crippen LogP contribution in [0.5, 0.6) is 0 Å². The molecule has 7 nitrogen and oxygen atoms in total. The minimum absolute atomic E-state index is 0.0144. The summed E-state index contributed by atoms with van der Waals surface area (Å²) in [5.41, 5.74) is 1.99. The number of hydrogen-bond donors (Lipinski definition) is 2. The van der Waals surface area contributed by atoms with Crippen LogP contribution in [0.1, 0.15) is 42.4 Å². The van der Waals surface area contributed by atoms with E-state index in [1.54, 1.807) is 41.3 Å². The highest BCUT2D eigenvalue weighted by molar-refractivity contribution is 5.84. The third-order valence-corrected chi connectivity index (χ3v) is 6.11. The fourth-order valence-electron chi connectivity index (χ4n) is 4.15. The van der Waals surface area contributed by atoms with Gasteiger partial charge in [0.2, 0.25) is 11.8 Å². The monoisotopic (exact) mass is 465 g/mol. The molecular formula is C26H28FN3O4. The second kappa shape index (κ2) is 11.9. The third kappa shape index (κ3) is 7.41. The summed E-state index contributed by atoms with van der Waals surface area (Å²) in [6.45, 7) is 1.10. The van der Waals surface area contributed by atoms with Gasteiger partial charge < -0.3 is 15.3 Å².